The number of rotatable bonds is 6. The summed E-state index contributed by atoms with van der Waals surface area (Å²) in [6, 6.07) is 10.4. The molecule has 1 aromatic heterocycles. The number of thioether (sulfide) groups is 1. The normalized spacial score (nSPS) is 10.4. The van der Waals surface area contributed by atoms with Crippen molar-refractivity contribution in [2.75, 3.05) is 24.7 Å². The highest BCUT2D eigenvalue weighted by molar-refractivity contribution is 7.98. The Morgan fingerprint density at radius 2 is 1.91 bits per heavy atom. The third kappa shape index (κ3) is 4.02. The zero-order valence-electron chi connectivity index (χ0n) is 14.1. The molecular weight excluding hydrogens is 304 g/mol. The lowest BCUT2D eigenvalue weighted by molar-refractivity contribution is 0.751. The largest absolute Gasteiger partial charge is 0.358 e. The van der Waals surface area contributed by atoms with Crippen molar-refractivity contribution in [3.8, 4) is 17.3 Å². The molecular formula is C18H22N4S. The molecule has 0 bridgehead atoms. The first-order valence-corrected chi connectivity index (χ1v) is 8.97. The van der Waals surface area contributed by atoms with Crippen LogP contribution in [0.3, 0.4) is 0 Å². The molecule has 1 aromatic carbocycles. The van der Waals surface area contributed by atoms with Gasteiger partial charge in [-0.15, -0.1) is 0 Å². The SMILES string of the molecule is CCCCN(C)c1nc(SC)nc(-c2ccc(C)cc2)c1C#N. The first-order chi connectivity index (χ1) is 11.1. The van der Waals surface area contributed by atoms with Crippen LogP contribution in [0.1, 0.15) is 30.9 Å². The summed E-state index contributed by atoms with van der Waals surface area (Å²) in [7, 11) is 1.99. The zero-order valence-corrected chi connectivity index (χ0v) is 14.9. The summed E-state index contributed by atoms with van der Waals surface area (Å²) in [5.41, 5.74) is 3.40. The van der Waals surface area contributed by atoms with Crippen LogP contribution in [0.2, 0.25) is 0 Å². The van der Waals surface area contributed by atoms with Crippen molar-refractivity contribution in [1.29, 1.82) is 5.26 Å². The summed E-state index contributed by atoms with van der Waals surface area (Å²) in [5.74, 6) is 0.718. The molecule has 0 unspecified atom stereocenters. The van der Waals surface area contributed by atoms with Gasteiger partial charge >= 0.3 is 0 Å². The van der Waals surface area contributed by atoms with E-state index in [-0.39, 0.29) is 0 Å². The molecule has 0 aliphatic heterocycles. The van der Waals surface area contributed by atoms with Crippen molar-refractivity contribution in [3.05, 3.63) is 35.4 Å². The fourth-order valence-corrected chi connectivity index (χ4v) is 2.68. The van der Waals surface area contributed by atoms with Gasteiger partial charge < -0.3 is 4.90 Å². The summed E-state index contributed by atoms with van der Waals surface area (Å²) in [6.07, 6.45) is 4.13. The van der Waals surface area contributed by atoms with Crippen molar-refractivity contribution in [1.82, 2.24) is 9.97 Å². The molecule has 0 atom stereocenters. The Balaban J connectivity index is 2.57. The van der Waals surface area contributed by atoms with Gasteiger partial charge in [0.1, 0.15) is 11.6 Å². The average Bonchev–Trinajstić information content (AvgIpc) is 2.59. The predicted octanol–water partition coefficient (Wildman–Crippen LogP) is 4.28. The summed E-state index contributed by atoms with van der Waals surface area (Å²) in [4.78, 5) is 11.2. The zero-order chi connectivity index (χ0) is 16.8. The minimum Gasteiger partial charge on any atom is -0.358 e. The highest BCUT2D eigenvalue weighted by Crippen LogP contribution is 2.30. The molecule has 0 aliphatic rings. The highest BCUT2D eigenvalue weighted by Gasteiger charge is 2.18. The van der Waals surface area contributed by atoms with Crippen LogP contribution < -0.4 is 4.90 Å². The number of nitriles is 1. The molecule has 0 saturated heterocycles. The molecule has 0 amide bonds. The number of benzene rings is 1. The van der Waals surface area contributed by atoms with E-state index in [1.54, 1.807) is 0 Å². The first-order valence-electron chi connectivity index (χ1n) is 7.75. The standard InChI is InChI=1S/C18H22N4S/c1-5-6-11-22(3)17-15(12-19)16(20-18(21-17)23-4)14-9-7-13(2)8-10-14/h7-10H,5-6,11H2,1-4H3. The maximum absolute atomic E-state index is 9.69. The quantitative estimate of drug-likeness (QED) is 0.586. The Hall–Kier alpha value is -2.06. The maximum Gasteiger partial charge on any atom is 0.189 e. The Labute approximate surface area is 142 Å². The molecule has 0 saturated carbocycles. The Morgan fingerprint density at radius 1 is 1.22 bits per heavy atom. The second-order valence-corrected chi connectivity index (χ2v) is 6.28. The van der Waals surface area contributed by atoms with E-state index in [9.17, 15) is 5.26 Å². The van der Waals surface area contributed by atoms with Crippen molar-refractivity contribution < 1.29 is 0 Å². The average molecular weight is 326 g/mol. The van der Waals surface area contributed by atoms with E-state index in [4.69, 9.17) is 0 Å². The second kappa shape index (κ2) is 7.98. The number of hydrogen-bond donors (Lipinski definition) is 0. The van der Waals surface area contributed by atoms with Crippen LogP contribution in [-0.2, 0) is 0 Å². The summed E-state index contributed by atoms with van der Waals surface area (Å²) < 4.78 is 0. The van der Waals surface area contributed by atoms with Crippen molar-refractivity contribution in [3.63, 3.8) is 0 Å². The first kappa shape index (κ1) is 17.3. The van der Waals surface area contributed by atoms with Crippen LogP contribution in [0.5, 0.6) is 0 Å². The molecule has 23 heavy (non-hydrogen) atoms. The molecule has 0 N–H and O–H groups in total. The van der Waals surface area contributed by atoms with E-state index in [0.29, 0.717) is 16.4 Å². The number of nitrogens with zero attached hydrogens (tertiary/aromatic N) is 4. The number of aromatic nitrogens is 2. The van der Waals surface area contributed by atoms with Gasteiger partial charge in [0, 0.05) is 19.2 Å². The lowest BCUT2D eigenvalue weighted by atomic mass is 10.1. The molecule has 0 aliphatic carbocycles. The van der Waals surface area contributed by atoms with Crippen LogP contribution in [0.25, 0.3) is 11.3 Å². The van der Waals surface area contributed by atoms with E-state index < -0.39 is 0 Å². The smallest absolute Gasteiger partial charge is 0.189 e. The van der Waals surface area contributed by atoms with Gasteiger partial charge in [-0.3, -0.25) is 0 Å². The number of unbranched alkanes of at least 4 members (excludes halogenated alkanes) is 1. The minimum absolute atomic E-state index is 0.547. The molecule has 2 aromatic rings. The van der Waals surface area contributed by atoms with E-state index in [2.05, 4.69) is 27.9 Å². The Morgan fingerprint density at radius 3 is 2.48 bits per heavy atom. The van der Waals surface area contributed by atoms with E-state index >= 15 is 0 Å². The molecule has 0 spiro atoms. The van der Waals surface area contributed by atoms with Crippen LogP contribution >= 0.6 is 11.8 Å². The monoisotopic (exact) mass is 326 g/mol. The van der Waals surface area contributed by atoms with Crippen molar-refractivity contribution in [2.24, 2.45) is 0 Å². The third-order valence-corrected chi connectivity index (χ3v) is 4.25. The topological polar surface area (TPSA) is 52.8 Å². The summed E-state index contributed by atoms with van der Waals surface area (Å²) in [5, 5.41) is 10.4. The molecule has 4 nitrogen and oxygen atoms in total. The summed E-state index contributed by atoms with van der Waals surface area (Å²) in [6.45, 7) is 5.08. The molecule has 0 fully saturated rings. The van der Waals surface area contributed by atoms with Crippen LogP contribution in [0, 0.1) is 18.3 Å². The number of anilines is 1. The minimum atomic E-state index is 0.547. The van der Waals surface area contributed by atoms with Gasteiger partial charge in [-0.05, 0) is 19.6 Å². The van der Waals surface area contributed by atoms with Gasteiger partial charge in [-0.2, -0.15) is 5.26 Å². The highest BCUT2D eigenvalue weighted by atomic mass is 32.2. The van der Waals surface area contributed by atoms with Crippen LogP contribution in [0.15, 0.2) is 29.4 Å². The van der Waals surface area contributed by atoms with Crippen LogP contribution in [-0.4, -0.2) is 29.8 Å². The van der Waals surface area contributed by atoms with Crippen LogP contribution in [0.4, 0.5) is 5.82 Å². The molecule has 1 heterocycles. The second-order valence-electron chi connectivity index (χ2n) is 5.51. The fourth-order valence-electron chi connectivity index (χ4n) is 2.32. The molecule has 120 valence electrons. The molecule has 0 radical (unpaired) electrons. The van der Waals surface area contributed by atoms with E-state index in [1.807, 2.05) is 44.5 Å². The molecule has 2 rings (SSSR count). The Bertz CT molecular complexity index is 704. The third-order valence-electron chi connectivity index (χ3n) is 3.70. The number of aryl methyl sites for hydroxylation is 1. The van der Waals surface area contributed by atoms with Crippen molar-refractivity contribution >= 4 is 17.6 Å². The van der Waals surface area contributed by atoms with E-state index in [1.165, 1.54) is 17.3 Å². The molecule has 5 heteroatoms. The van der Waals surface area contributed by atoms with Gasteiger partial charge in [0.05, 0.1) is 5.69 Å². The van der Waals surface area contributed by atoms with Gasteiger partial charge in [0.15, 0.2) is 11.0 Å². The number of hydrogen-bond acceptors (Lipinski definition) is 5. The lowest BCUT2D eigenvalue weighted by Gasteiger charge is -2.20. The fraction of sp³-hybridized carbons (Fsp3) is 0.389. The Kier molecular flexibility index (Phi) is 6.00. The van der Waals surface area contributed by atoms with Gasteiger partial charge in [-0.1, -0.05) is 54.9 Å². The predicted molar refractivity (Wildman–Crippen MR) is 96.9 cm³/mol. The lowest BCUT2D eigenvalue weighted by Crippen LogP contribution is -2.21. The van der Waals surface area contributed by atoms with Crippen molar-refractivity contribution in [2.45, 2.75) is 31.8 Å². The van der Waals surface area contributed by atoms with Gasteiger partial charge in [0.25, 0.3) is 0 Å². The van der Waals surface area contributed by atoms with Gasteiger partial charge in [-0.25, -0.2) is 9.97 Å². The van der Waals surface area contributed by atoms with Gasteiger partial charge in [0.2, 0.25) is 0 Å². The summed E-state index contributed by atoms with van der Waals surface area (Å²) >= 11 is 1.50. The van der Waals surface area contributed by atoms with E-state index in [0.717, 1.165) is 30.8 Å². The maximum atomic E-state index is 9.69.